The predicted octanol–water partition coefficient (Wildman–Crippen LogP) is 1.84. The highest BCUT2D eigenvalue weighted by Crippen LogP contribution is 2.25. The Bertz CT molecular complexity index is 806. The van der Waals surface area contributed by atoms with Crippen molar-refractivity contribution < 1.29 is 24.3 Å². The van der Waals surface area contributed by atoms with Gasteiger partial charge >= 0.3 is 5.69 Å². The molecule has 2 aromatic rings. The number of hydrogen-bond donors (Lipinski definition) is 2. The van der Waals surface area contributed by atoms with E-state index in [0.717, 1.165) is 0 Å². The Morgan fingerprint density at radius 2 is 2.12 bits per heavy atom. The number of nitro benzene ring substituents is 1. The summed E-state index contributed by atoms with van der Waals surface area (Å²) in [5.74, 6) is -0.202. The third-order valence-electron chi connectivity index (χ3n) is 3.05. The number of carbonyl (C=O) groups excluding carboxylic acids is 1. The molecule has 0 aliphatic heterocycles. The van der Waals surface area contributed by atoms with Gasteiger partial charge in [-0.05, 0) is 18.2 Å². The third-order valence-corrected chi connectivity index (χ3v) is 3.05. The molecule has 0 bridgehead atoms. The van der Waals surface area contributed by atoms with Crippen molar-refractivity contribution in [2.75, 3.05) is 13.7 Å². The molecule has 0 aromatic heterocycles. The summed E-state index contributed by atoms with van der Waals surface area (Å²) in [5.41, 5.74) is 2.34. The summed E-state index contributed by atoms with van der Waals surface area (Å²) in [6, 6.07) is 10.3. The molecule has 0 spiro atoms. The molecule has 0 radical (unpaired) electrons. The number of amides is 1. The van der Waals surface area contributed by atoms with Crippen LogP contribution in [0.15, 0.2) is 47.6 Å². The van der Waals surface area contributed by atoms with Gasteiger partial charge in [0.1, 0.15) is 11.5 Å². The highest BCUT2D eigenvalue weighted by Gasteiger charge is 2.14. The Hall–Kier alpha value is -3.62. The van der Waals surface area contributed by atoms with Gasteiger partial charge in [-0.15, -0.1) is 0 Å². The van der Waals surface area contributed by atoms with Crippen molar-refractivity contribution in [3.63, 3.8) is 0 Å². The number of phenolic OH excluding ortho intramolecular Hbond substituents is 1. The molecule has 0 unspecified atom stereocenters. The minimum absolute atomic E-state index is 0.0144. The molecule has 9 heteroatoms. The molecule has 2 rings (SSSR count). The molecule has 1 amide bonds. The standard InChI is InChI=1S/C16H15N3O6/c1-24-12-7-6-11(14(20)8-12)9-17-18-16(21)10-25-15-5-3-2-4-13(15)19(22)23/h2-9,20H,10H2,1H3,(H,18,21)/b17-9+. The summed E-state index contributed by atoms with van der Waals surface area (Å²) >= 11 is 0. The van der Waals surface area contributed by atoms with Gasteiger partial charge in [0.05, 0.1) is 18.2 Å². The molecule has 25 heavy (non-hydrogen) atoms. The van der Waals surface area contributed by atoms with Crippen LogP contribution in [0.1, 0.15) is 5.56 Å². The number of hydrogen-bond acceptors (Lipinski definition) is 7. The quantitative estimate of drug-likeness (QED) is 0.448. The minimum atomic E-state index is -0.609. The molecular weight excluding hydrogens is 330 g/mol. The molecule has 0 saturated heterocycles. The first-order valence-electron chi connectivity index (χ1n) is 7.06. The summed E-state index contributed by atoms with van der Waals surface area (Å²) in [5, 5.41) is 24.3. The van der Waals surface area contributed by atoms with E-state index in [4.69, 9.17) is 9.47 Å². The molecule has 130 valence electrons. The van der Waals surface area contributed by atoms with E-state index in [9.17, 15) is 20.0 Å². The van der Waals surface area contributed by atoms with E-state index >= 15 is 0 Å². The molecule has 0 saturated carbocycles. The van der Waals surface area contributed by atoms with Crippen LogP contribution < -0.4 is 14.9 Å². The van der Waals surface area contributed by atoms with Crippen molar-refractivity contribution in [1.29, 1.82) is 0 Å². The topological polar surface area (TPSA) is 123 Å². The Balaban J connectivity index is 1.90. The van der Waals surface area contributed by atoms with E-state index in [2.05, 4.69) is 10.5 Å². The summed E-state index contributed by atoms with van der Waals surface area (Å²) in [6.45, 7) is -0.448. The van der Waals surface area contributed by atoms with E-state index in [1.54, 1.807) is 18.2 Å². The summed E-state index contributed by atoms with van der Waals surface area (Å²) in [4.78, 5) is 21.9. The molecule has 0 fully saturated rings. The van der Waals surface area contributed by atoms with Crippen LogP contribution >= 0.6 is 0 Å². The Labute approximate surface area is 142 Å². The highest BCUT2D eigenvalue weighted by molar-refractivity contribution is 5.85. The number of nitrogens with one attached hydrogen (secondary N) is 1. The lowest BCUT2D eigenvalue weighted by molar-refractivity contribution is -0.385. The van der Waals surface area contributed by atoms with Crippen molar-refractivity contribution >= 4 is 17.8 Å². The van der Waals surface area contributed by atoms with Crippen molar-refractivity contribution in [3.05, 3.63) is 58.1 Å². The number of nitrogens with zero attached hydrogens (tertiary/aromatic N) is 2. The van der Waals surface area contributed by atoms with Crippen LogP contribution in [0.4, 0.5) is 5.69 Å². The number of aromatic hydroxyl groups is 1. The van der Waals surface area contributed by atoms with E-state index in [0.29, 0.717) is 11.3 Å². The Morgan fingerprint density at radius 1 is 1.36 bits per heavy atom. The maximum atomic E-state index is 11.7. The van der Waals surface area contributed by atoms with E-state index in [1.165, 1.54) is 37.6 Å². The van der Waals surface area contributed by atoms with Crippen LogP contribution in [0.3, 0.4) is 0 Å². The van der Waals surface area contributed by atoms with Gasteiger partial charge in [0.2, 0.25) is 0 Å². The first kappa shape index (κ1) is 17.7. The molecule has 0 aliphatic rings. The number of carbonyl (C=O) groups is 1. The molecule has 0 atom stereocenters. The van der Waals surface area contributed by atoms with Gasteiger partial charge in [0.25, 0.3) is 5.91 Å². The third kappa shape index (κ3) is 4.93. The second-order valence-corrected chi connectivity index (χ2v) is 4.73. The number of ether oxygens (including phenoxy) is 2. The fraction of sp³-hybridized carbons (Fsp3) is 0.125. The molecule has 2 N–H and O–H groups in total. The number of rotatable bonds is 7. The van der Waals surface area contributed by atoms with Gasteiger partial charge in [-0.1, -0.05) is 12.1 Å². The monoisotopic (exact) mass is 345 g/mol. The number of benzene rings is 2. The number of methoxy groups -OCH3 is 1. The van der Waals surface area contributed by atoms with E-state index in [1.807, 2.05) is 0 Å². The van der Waals surface area contributed by atoms with E-state index in [-0.39, 0.29) is 17.2 Å². The molecular formula is C16H15N3O6. The minimum Gasteiger partial charge on any atom is -0.507 e. The zero-order valence-corrected chi connectivity index (χ0v) is 13.2. The SMILES string of the molecule is COc1ccc(/C=N/NC(=O)COc2ccccc2[N+](=O)[O-])c(O)c1. The lowest BCUT2D eigenvalue weighted by Gasteiger charge is -2.05. The molecule has 0 aliphatic carbocycles. The van der Waals surface area contributed by atoms with Crippen LogP contribution in [0.5, 0.6) is 17.2 Å². The van der Waals surface area contributed by atoms with Crippen LogP contribution in [-0.2, 0) is 4.79 Å². The smallest absolute Gasteiger partial charge is 0.310 e. The number of para-hydroxylation sites is 2. The van der Waals surface area contributed by atoms with Gasteiger partial charge in [0, 0.05) is 17.7 Å². The van der Waals surface area contributed by atoms with Crippen molar-refractivity contribution in [2.45, 2.75) is 0 Å². The molecule has 9 nitrogen and oxygen atoms in total. The summed E-state index contributed by atoms with van der Waals surface area (Å²) < 4.78 is 10.1. The Kier molecular flexibility index (Phi) is 5.88. The number of phenols is 1. The second-order valence-electron chi connectivity index (χ2n) is 4.73. The first-order valence-corrected chi connectivity index (χ1v) is 7.06. The largest absolute Gasteiger partial charge is 0.507 e. The van der Waals surface area contributed by atoms with Gasteiger partial charge in [-0.2, -0.15) is 5.10 Å². The van der Waals surface area contributed by atoms with Crippen molar-refractivity contribution in [1.82, 2.24) is 5.43 Å². The first-order chi connectivity index (χ1) is 12.0. The lowest BCUT2D eigenvalue weighted by atomic mass is 10.2. The fourth-order valence-corrected chi connectivity index (χ4v) is 1.84. The maximum absolute atomic E-state index is 11.7. The lowest BCUT2D eigenvalue weighted by Crippen LogP contribution is -2.24. The second kappa shape index (κ2) is 8.29. The van der Waals surface area contributed by atoms with Crippen molar-refractivity contribution in [3.8, 4) is 17.2 Å². The summed E-state index contributed by atoms with van der Waals surface area (Å²) in [7, 11) is 1.47. The average molecular weight is 345 g/mol. The number of nitro groups is 1. The van der Waals surface area contributed by atoms with Crippen LogP contribution in [0.25, 0.3) is 0 Å². The number of hydrazone groups is 1. The predicted molar refractivity (Wildman–Crippen MR) is 89.0 cm³/mol. The Morgan fingerprint density at radius 3 is 2.80 bits per heavy atom. The average Bonchev–Trinajstić information content (AvgIpc) is 2.61. The molecule has 2 aromatic carbocycles. The normalized spacial score (nSPS) is 10.4. The van der Waals surface area contributed by atoms with Gasteiger partial charge < -0.3 is 14.6 Å². The van der Waals surface area contributed by atoms with Crippen LogP contribution in [0.2, 0.25) is 0 Å². The van der Waals surface area contributed by atoms with Crippen LogP contribution in [-0.4, -0.2) is 35.9 Å². The van der Waals surface area contributed by atoms with Gasteiger partial charge in [-0.25, -0.2) is 5.43 Å². The zero-order valence-electron chi connectivity index (χ0n) is 13.2. The van der Waals surface area contributed by atoms with E-state index < -0.39 is 17.4 Å². The fourth-order valence-electron chi connectivity index (χ4n) is 1.84. The van der Waals surface area contributed by atoms with Crippen LogP contribution in [0, 0.1) is 10.1 Å². The van der Waals surface area contributed by atoms with Gasteiger partial charge in [0.15, 0.2) is 12.4 Å². The summed E-state index contributed by atoms with van der Waals surface area (Å²) in [6.07, 6.45) is 1.25. The molecule has 0 heterocycles. The maximum Gasteiger partial charge on any atom is 0.310 e. The van der Waals surface area contributed by atoms with Crippen molar-refractivity contribution in [2.24, 2.45) is 5.10 Å². The highest BCUT2D eigenvalue weighted by atomic mass is 16.6. The van der Waals surface area contributed by atoms with Gasteiger partial charge in [-0.3, -0.25) is 14.9 Å². The zero-order chi connectivity index (χ0) is 18.2.